The summed E-state index contributed by atoms with van der Waals surface area (Å²) in [6, 6.07) is 15.3. The molecule has 8 heteroatoms. The molecule has 2 heterocycles. The molecule has 0 fully saturated rings. The van der Waals surface area contributed by atoms with Gasteiger partial charge < -0.3 is 11.1 Å². The van der Waals surface area contributed by atoms with Crippen molar-refractivity contribution in [1.29, 1.82) is 0 Å². The maximum absolute atomic E-state index is 13.9. The van der Waals surface area contributed by atoms with Gasteiger partial charge in [0.15, 0.2) is 0 Å². The van der Waals surface area contributed by atoms with Crippen LogP contribution in [-0.2, 0) is 13.5 Å². The van der Waals surface area contributed by atoms with E-state index in [1.807, 2.05) is 0 Å². The quantitative estimate of drug-likeness (QED) is 0.451. The number of halogens is 2. The number of nitrogens with one attached hydrogen (secondary N) is 1. The molecule has 0 radical (unpaired) electrons. The molecule has 3 N–H and O–H groups in total. The number of pyridine rings is 1. The zero-order chi connectivity index (χ0) is 23.4. The molecule has 0 bridgehead atoms. The van der Waals surface area contributed by atoms with Crippen molar-refractivity contribution in [3.63, 3.8) is 0 Å². The van der Waals surface area contributed by atoms with Gasteiger partial charge in [-0.3, -0.25) is 14.3 Å². The summed E-state index contributed by atoms with van der Waals surface area (Å²) >= 11 is 0. The van der Waals surface area contributed by atoms with Crippen LogP contribution in [-0.4, -0.2) is 27.1 Å². The first-order chi connectivity index (χ1) is 15.9. The topological polar surface area (TPSA) is 85.8 Å². The van der Waals surface area contributed by atoms with Gasteiger partial charge in [-0.2, -0.15) is 0 Å². The zero-order valence-corrected chi connectivity index (χ0v) is 18.0. The lowest BCUT2D eigenvalue weighted by Gasteiger charge is -2.18. The Labute approximate surface area is 189 Å². The third-order valence-electron chi connectivity index (χ3n) is 5.34. The molecule has 2 aromatic heterocycles. The van der Waals surface area contributed by atoms with E-state index in [1.54, 1.807) is 61.9 Å². The van der Waals surface area contributed by atoms with Crippen molar-refractivity contribution < 1.29 is 8.78 Å². The van der Waals surface area contributed by atoms with Crippen LogP contribution in [0.3, 0.4) is 0 Å². The lowest BCUT2D eigenvalue weighted by molar-refractivity contribution is 0.590. The molecule has 6 nitrogen and oxygen atoms in total. The summed E-state index contributed by atoms with van der Waals surface area (Å²) in [6.07, 6.45) is 3.55. The van der Waals surface area contributed by atoms with Crippen LogP contribution >= 0.6 is 0 Å². The first-order valence-corrected chi connectivity index (χ1v) is 10.4. The van der Waals surface area contributed by atoms with Crippen molar-refractivity contribution >= 4 is 5.95 Å². The molecule has 0 aliphatic rings. The van der Waals surface area contributed by atoms with Gasteiger partial charge in [-0.05, 0) is 47.9 Å². The molecule has 2 aromatic carbocycles. The molecule has 0 saturated heterocycles. The molecule has 0 saturated carbocycles. The number of rotatable bonds is 7. The Hall–Kier alpha value is -3.91. The van der Waals surface area contributed by atoms with Crippen molar-refractivity contribution in [1.82, 2.24) is 14.5 Å². The molecule has 1 atom stereocenters. The van der Waals surface area contributed by atoms with E-state index in [4.69, 9.17) is 10.7 Å². The summed E-state index contributed by atoms with van der Waals surface area (Å²) in [6.45, 7) is 0.278. The van der Waals surface area contributed by atoms with Crippen LogP contribution < -0.4 is 16.6 Å². The van der Waals surface area contributed by atoms with Crippen LogP contribution in [0.1, 0.15) is 5.56 Å². The molecule has 4 aromatic rings. The normalized spacial score (nSPS) is 11.9. The molecule has 0 spiro atoms. The SMILES string of the molecule is Cn1c(NC[C@@H](N)Cc2ccccc2F)nc(-c2ccncc2)c(-c2ccc(F)cc2)c1=O. The summed E-state index contributed by atoms with van der Waals surface area (Å²) in [4.78, 5) is 22.1. The monoisotopic (exact) mass is 447 g/mol. The Morgan fingerprint density at radius 2 is 1.70 bits per heavy atom. The van der Waals surface area contributed by atoms with Gasteiger partial charge in [-0.15, -0.1) is 0 Å². The average molecular weight is 447 g/mol. The Morgan fingerprint density at radius 3 is 2.39 bits per heavy atom. The minimum absolute atomic E-state index is 0.278. The van der Waals surface area contributed by atoms with Gasteiger partial charge in [0.1, 0.15) is 11.6 Å². The van der Waals surface area contributed by atoms with Gasteiger partial charge >= 0.3 is 0 Å². The van der Waals surface area contributed by atoms with Crippen LogP contribution in [0.4, 0.5) is 14.7 Å². The van der Waals surface area contributed by atoms with Gasteiger partial charge in [0.2, 0.25) is 5.95 Å². The van der Waals surface area contributed by atoms with Crippen LogP contribution in [0.15, 0.2) is 77.9 Å². The van der Waals surface area contributed by atoms with E-state index in [-0.39, 0.29) is 17.9 Å². The van der Waals surface area contributed by atoms with Crippen LogP contribution in [0.2, 0.25) is 0 Å². The molecule has 168 valence electrons. The second-order valence-electron chi connectivity index (χ2n) is 7.70. The van der Waals surface area contributed by atoms with E-state index in [0.29, 0.717) is 40.3 Å². The molecular formula is C25H23F2N5O. The highest BCUT2D eigenvalue weighted by molar-refractivity contribution is 5.80. The minimum atomic E-state index is -0.403. The van der Waals surface area contributed by atoms with Gasteiger partial charge in [-0.1, -0.05) is 30.3 Å². The van der Waals surface area contributed by atoms with Gasteiger partial charge in [-0.25, -0.2) is 13.8 Å². The summed E-state index contributed by atoms with van der Waals surface area (Å²) in [5.41, 5.74) is 8.48. The fourth-order valence-electron chi connectivity index (χ4n) is 3.60. The Kier molecular flexibility index (Phi) is 6.55. The fourth-order valence-corrected chi connectivity index (χ4v) is 3.60. The maximum atomic E-state index is 13.9. The number of hydrogen-bond acceptors (Lipinski definition) is 5. The second kappa shape index (κ2) is 9.70. The van der Waals surface area contributed by atoms with Gasteiger partial charge in [0, 0.05) is 37.6 Å². The summed E-state index contributed by atoms with van der Waals surface area (Å²) in [5, 5.41) is 3.12. The standard InChI is InChI=1S/C25H23F2N5O/c1-32-24(33)22(16-6-8-19(26)9-7-16)23(17-10-12-29-13-11-17)31-25(32)30-15-20(28)14-18-4-2-3-5-21(18)27/h2-13,20H,14-15,28H2,1H3,(H,30,31)/t20-/m0/s1. The zero-order valence-electron chi connectivity index (χ0n) is 18.0. The number of hydrogen-bond donors (Lipinski definition) is 2. The minimum Gasteiger partial charge on any atom is -0.354 e. The molecular weight excluding hydrogens is 424 g/mol. The van der Waals surface area contributed by atoms with Crippen LogP contribution in [0, 0.1) is 11.6 Å². The van der Waals surface area contributed by atoms with E-state index in [0.717, 1.165) is 0 Å². The number of nitrogens with two attached hydrogens (primary N) is 1. The van der Waals surface area contributed by atoms with E-state index >= 15 is 0 Å². The van der Waals surface area contributed by atoms with Crippen molar-refractivity contribution in [2.45, 2.75) is 12.5 Å². The first kappa shape index (κ1) is 22.3. The third kappa shape index (κ3) is 4.96. The molecule has 4 rings (SSSR count). The summed E-state index contributed by atoms with van der Waals surface area (Å²) < 4.78 is 28.8. The van der Waals surface area contributed by atoms with Crippen LogP contribution in [0.5, 0.6) is 0 Å². The van der Waals surface area contributed by atoms with Gasteiger partial charge in [0.25, 0.3) is 5.56 Å². The summed E-state index contributed by atoms with van der Waals surface area (Å²) in [5.74, 6) is -0.375. The number of aromatic nitrogens is 3. The largest absolute Gasteiger partial charge is 0.354 e. The molecule has 0 aliphatic carbocycles. The fraction of sp³-hybridized carbons (Fsp3) is 0.160. The first-order valence-electron chi connectivity index (χ1n) is 10.4. The van der Waals surface area contributed by atoms with Crippen molar-refractivity contribution in [3.05, 3.63) is 101 Å². The van der Waals surface area contributed by atoms with E-state index in [1.165, 1.54) is 22.8 Å². The Bertz CT molecular complexity index is 1310. The van der Waals surface area contributed by atoms with E-state index in [2.05, 4.69) is 10.3 Å². The lowest BCUT2D eigenvalue weighted by Crippen LogP contribution is -2.34. The molecule has 0 unspecified atom stereocenters. The summed E-state index contributed by atoms with van der Waals surface area (Å²) in [7, 11) is 1.60. The Morgan fingerprint density at radius 1 is 1.00 bits per heavy atom. The van der Waals surface area contributed by atoms with Crippen molar-refractivity contribution in [3.8, 4) is 22.4 Å². The second-order valence-corrected chi connectivity index (χ2v) is 7.70. The van der Waals surface area contributed by atoms with Crippen LogP contribution in [0.25, 0.3) is 22.4 Å². The molecule has 33 heavy (non-hydrogen) atoms. The maximum Gasteiger partial charge on any atom is 0.263 e. The molecule has 0 aliphatic heterocycles. The van der Waals surface area contributed by atoms with Crippen molar-refractivity contribution in [2.24, 2.45) is 12.8 Å². The lowest BCUT2D eigenvalue weighted by atomic mass is 10.0. The number of benzene rings is 2. The molecule has 0 amide bonds. The average Bonchev–Trinajstić information content (AvgIpc) is 2.83. The highest BCUT2D eigenvalue weighted by Gasteiger charge is 2.19. The van der Waals surface area contributed by atoms with Crippen molar-refractivity contribution in [2.75, 3.05) is 11.9 Å². The van der Waals surface area contributed by atoms with E-state index in [9.17, 15) is 13.6 Å². The third-order valence-corrected chi connectivity index (χ3v) is 5.34. The number of anilines is 1. The number of nitrogens with zero attached hydrogens (tertiary/aromatic N) is 3. The highest BCUT2D eigenvalue weighted by Crippen LogP contribution is 2.28. The predicted molar refractivity (Wildman–Crippen MR) is 125 cm³/mol. The smallest absolute Gasteiger partial charge is 0.263 e. The van der Waals surface area contributed by atoms with Gasteiger partial charge in [0.05, 0.1) is 11.3 Å². The highest BCUT2D eigenvalue weighted by atomic mass is 19.1. The van der Waals surface area contributed by atoms with E-state index < -0.39 is 11.9 Å². The Balaban J connectivity index is 1.68. The predicted octanol–water partition coefficient (Wildman–Crippen LogP) is 3.77.